The monoisotopic (exact) mass is 280 g/mol. The van der Waals surface area contributed by atoms with Gasteiger partial charge in [-0.3, -0.25) is 19.6 Å². The second-order valence-corrected chi connectivity index (χ2v) is 5.34. The first kappa shape index (κ1) is 14.5. The highest BCUT2D eigenvalue weighted by molar-refractivity contribution is 5.93. The van der Waals surface area contributed by atoms with E-state index in [1.54, 1.807) is 0 Å². The van der Waals surface area contributed by atoms with E-state index in [0.717, 1.165) is 30.0 Å². The Morgan fingerprint density at radius 3 is 2.85 bits per heavy atom. The number of likely N-dealkylation sites (tertiary alicyclic amines) is 1. The molecular formula is C13H20N4O3. The molecule has 2 rings (SSSR count). The molecule has 1 saturated heterocycles. The van der Waals surface area contributed by atoms with Crippen LogP contribution < -0.4 is 5.32 Å². The molecule has 1 aliphatic heterocycles. The van der Waals surface area contributed by atoms with Crippen molar-refractivity contribution in [3.8, 4) is 0 Å². The minimum absolute atomic E-state index is 0.0893. The lowest BCUT2D eigenvalue weighted by molar-refractivity contribution is -0.138. The number of nitrogens with zero attached hydrogens (tertiary/aromatic N) is 2. The van der Waals surface area contributed by atoms with Gasteiger partial charge in [-0.1, -0.05) is 0 Å². The molecule has 1 unspecified atom stereocenters. The van der Waals surface area contributed by atoms with E-state index in [0.29, 0.717) is 13.1 Å². The lowest BCUT2D eigenvalue weighted by Gasteiger charge is -2.15. The van der Waals surface area contributed by atoms with E-state index >= 15 is 0 Å². The van der Waals surface area contributed by atoms with Gasteiger partial charge >= 0.3 is 5.97 Å². The summed E-state index contributed by atoms with van der Waals surface area (Å²) in [6.45, 7) is 5.42. The van der Waals surface area contributed by atoms with Crippen molar-refractivity contribution in [1.82, 2.24) is 15.1 Å². The Hall–Kier alpha value is -1.89. The van der Waals surface area contributed by atoms with Crippen LogP contribution >= 0.6 is 0 Å². The standard InChI is InChI=1S/C13H20N4O3/c1-8-13(9(2)16-15-8)14-11(18)7-17-4-3-10(6-17)5-12(19)20/h10H,3-7H2,1-2H3,(H,14,18)(H,15,16)(H,19,20). The molecule has 0 aromatic carbocycles. The molecule has 2 heterocycles. The summed E-state index contributed by atoms with van der Waals surface area (Å²) in [6.07, 6.45) is 1.02. The third kappa shape index (κ3) is 3.57. The van der Waals surface area contributed by atoms with Crippen LogP contribution in [-0.2, 0) is 9.59 Å². The zero-order valence-electron chi connectivity index (χ0n) is 11.8. The van der Waals surface area contributed by atoms with E-state index in [1.807, 2.05) is 18.7 Å². The number of anilines is 1. The first-order valence-electron chi connectivity index (χ1n) is 6.71. The van der Waals surface area contributed by atoms with Crippen LogP contribution in [0.5, 0.6) is 0 Å². The number of hydrogen-bond acceptors (Lipinski definition) is 4. The van der Waals surface area contributed by atoms with E-state index in [4.69, 9.17) is 5.11 Å². The van der Waals surface area contributed by atoms with E-state index in [-0.39, 0.29) is 18.2 Å². The molecule has 0 radical (unpaired) electrons. The van der Waals surface area contributed by atoms with E-state index < -0.39 is 5.97 Å². The molecule has 7 heteroatoms. The highest BCUT2D eigenvalue weighted by Gasteiger charge is 2.26. The number of amides is 1. The van der Waals surface area contributed by atoms with Gasteiger partial charge < -0.3 is 10.4 Å². The number of carbonyl (C=O) groups excluding carboxylic acids is 1. The Morgan fingerprint density at radius 2 is 2.25 bits per heavy atom. The van der Waals surface area contributed by atoms with Crippen molar-refractivity contribution in [2.75, 3.05) is 25.0 Å². The van der Waals surface area contributed by atoms with Crippen molar-refractivity contribution >= 4 is 17.6 Å². The maximum absolute atomic E-state index is 12.0. The largest absolute Gasteiger partial charge is 0.481 e. The number of nitrogens with one attached hydrogen (secondary N) is 2. The SMILES string of the molecule is Cc1n[nH]c(C)c1NC(=O)CN1CCC(CC(=O)O)C1. The van der Waals surface area contributed by atoms with Crippen molar-refractivity contribution in [1.29, 1.82) is 0 Å². The molecule has 7 nitrogen and oxygen atoms in total. The van der Waals surface area contributed by atoms with Crippen LogP contribution in [-0.4, -0.2) is 51.7 Å². The summed E-state index contributed by atoms with van der Waals surface area (Å²) in [5.74, 6) is -0.711. The fourth-order valence-electron chi connectivity index (χ4n) is 2.59. The van der Waals surface area contributed by atoms with Crippen LogP contribution in [0.4, 0.5) is 5.69 Å². The molecule has 1 aromatic rings. The summed E-state index contributed by atoms with van der Waals surface area (Å²) in [5.41, 5.74) is 2.33. The highest BCUT2D eigenvalue weighted by Crippen LogP contribution is 2.20. The second kappa shape index (κ2) is 6.04. The van der Waals surface area contributed by atoms with Crippen LogP contribution in [0.25, 0.3) is 0 Å². The van der Waals surface area contributed by atoms with Gasteiger partial charge in [-0.25, -0.2) is 0 Å². The number of aromatic nitrogens is 2. The van der Waals surface area contributed by atoms with Gasteiger partial charge in [-0.05, 0) is 32.7 Å². The molecule has 3 N–H and O–H groups in total. The molecule has 1 aromatic heterocycles. The average molecular weight is 280 g/mol. The Balaban J connectivity index is 1.83. The van der Waals surface area contributed by atoms with Gasteiger partial charge in [-0.2, -0.15) is 5.10 Å². The van der Waals surface area contributed by atoms with Gasteiger partial charge in [0.2, 0.25) is 5.91 Å². The molecule has 1 fully saturated rings. The lowest BCUT2D eigenvalue weighted by atomic mass is 10.1. The highest BCUT2D eigenvalue weighted by atomic mass is 16.4. The number of hydrogen-bond donors (Lipinski definition) is 3. The van der Waals surface area contributed by atoms with Crippen molar-refractivity contribution in [3.63, 3.8) is 0 Å². The maximum atomic E-state index is 12.0. The zero-order valence-corrected chi connectivity index (χ0v) is 11.8. The summed E-state index contributed by atoms with van der Waals surface area (Å²) >= 11 is 0. The van der Waals surface area contributed by atoms with Crippen LogP contribution in [0.3, 0.4) is 0 Å². The zero-order chi connectivity index (χ0) is 14.7. The van der Waals surface area contributed by atoms with Gasteiger partial charge in [0.1, 0.15) is 0 Å². The first-order valence-corrected chi connectivity index (χ1v) is 6.71. The van der Waals surface area contributed by atoms with Gasteiger partial charge in [0, 0.05) is 13.0 Å². The molecule has 0 aliphatic carbocycles. The van der Waals surface area contributed by atoms with Crippen LogP contribution in [0.1, 0.15) is 24.2 Å². The van der Waals surface area contributed by atoms with Gasteiger partial charge in [0.25, 0.3) is 0 Å². The Bertz CT molecular complexity index is 492. The van der Waals surface area contributed by atoms with E-state index in [2.05, 4.69) is 15.5 Å². The number of aromatic amines is 1. The number of rotatable bonds is 5. The third-order valence-corrected chi connectivity index (χ3v) is 3.59. The predicted octanol–water partition coefficient (Wildman–Crippen LogP) is 0.762. The van der Waals surface area contributed by atoms with E-state index in [9.17, 15) is 9.59 Å². The first-order chi connectivity index (χ1) is 9.45. The Labute approximate surface area is 117 Å². The number of carboxylic acid groups (broad SMARTS) is 1. The summed E-state index contributed by atoms with van der Waals surface area (Å²) in [7, 11) is 0. The minimum Gasteiger partial charge on any atom is -0.481 e. The van der Waals surface area contributed by atoms with Gasteiger partial charge in [-0.15, -0.1) is 0 Å². The van der Waals surface area contributed by atoms with Crippen molar-refractivity contribution in [3.05, 3.63) is 11.4 Å². The number of aryl methyl sites for hydroxylation is 2. The minimum atomic E-state index is -0.772. The van der Waals surface area contributed by atoms with Crippen LogP contribution in [0.2, 0.25) is 0 Å². The number of carboxylic acids is 1. The molecule has 0 spiro atoms. The number of H-pyrrole nitrogens is 1. The Kier molecular flexibility index (Phi) is 4.39. The molecule has 1 amide bonds. The summed E-state index contributed by atoms with van der Waals surface area (Å²) in [5, 5.41) is 18.5. The number of aliphatic carboxylic acids is 1. The third-order valence-electron chi connectivity index (χ3n) is 3.59. The molecule has 1 aliphatic rings. The quantitative estimate of drug-likeness (QED) is 0.739. The van der Waals surface area contributed by atoms with Crippen molar-refractivity contribution in [2.45, 2.75) is 26.7 Å². The molecule has 20 heavy (non-hydrogen) atoms. The molecule has 110 valence electrons. The van der Waals surface area contributed by atoms with Crippen molar-refractivity contribution in [2.24, 2.45) is 5.92 Å². The molecule has 0 bridgehead atoms. The van der Waals surface area contributed by atoms with Crippen LogP contribution in [0.15, 0.2) is 0 Å². The second-order valence-electron chi connectivity index (χ2n) is 5.34. The lowest BCUT2D eigenvalue weighted by Crippen LogP contribution is -2.32. The van der Waals surface area contributed by atoms with Crippen LogP contribution in [0, 0.1) is 19.8 Å². The fraction of sp³-hybridized carbons (Fsp3) is 0.615. The predicted molar refractivity (Wildman–Crippen MR) is 73.5 cm³/mol. The topological polar surface area (TPSA) is 98.3 Å². The maximum Gasteiger partial charge on any atom is 0.303 e. The van der Waals surface area contributed by atoms with Gasteiger partial charge in [0.05, 0.1) is 23.6 Å². The number of carbonyl (C=O) groups is 2. The fourth-order valence-corrected chi connectivity index (χ4v) is 2.59. The summed E-state index contributed by atoms with van der Waals surface area (Å²) in [4.78, 5) is 24.6. The smallest absolute Gasteiger partial charge is 0.303 e. The Morgan fingerprint density at radius 1 is 1.50 bits per heavy atom. The van der Waals surface area contributed by atoms with Crippen molar-refractivity contribution < 1.29 is 14.7 Å². The summed E-state index contributed by atoms with van der Waals surface area (Å²) in [6, 6.07) is 0. The van der Waals surface area contributed by atoms with Gasteiger partial charge in [0.15, 0.2) is 0 Å². The van der Waals surface area contributed by atoms with E-state index in [1.165, 1.54) is 0 Å². The average Bonchev–Trinajstić information content (AvgIpc) is 2.90. The summed E-state index contributed by atoms with van der Waals surface area (Å²) < 4.78 is 0. The molecule has 0 saturated carbocycles. The molecular weight excluding hydrogens is 260 g/mol. The normalized spacial score (nSPS) is 19.2. The molecule has 1 atom stereocenters.